The number of sulfonamides is 1. The highest BCUT2D eigenvalue weighted by Crippen LogP contribution is 2.19. The Kier molecular flexibility index (Phi) is 5.55. The first kappa shape index (κ1) is 17.2. The predicted octanol–water partition coefficient (Wildman–Crippen LogP) is 3.63. The van der Waals surface area contributed by atoms with E-state index >= 15 is 0 Å². The fourth-order valence-electron chi connectivity index (χ4n) is 2.19. The number of amides is 1. The summed E-state index contributed by atoms with van der Waals surface area (Å²) in [6.45, 7) is 4.03. The van der Waals surface area contributed by atoms with E-state index in [0.717, 1.165) is 16.3 Å². The molecule has 23 heavy (non-hydrogen) atoms. The van der Waals surface area contributed by atoms with Crippen molar-refractivity contribution < 1.29 is 13.2 Å². The summed E-state index contributed by atoms with van der Waals surface area (Å²) >= 11 is 0. The van der Waals surface area contributed by atoms with Crippen LogP contribution in [0.3, 0.4) is 0 Å². The standard InChI is InChI=1S/C18H21NO3S/c1-3-4-14-19(18(20)16-8-6-5-7-9-16)23(21,22)17-12-10-15(2)11-13-17/h5-13H,3-4,14H2,1-2H3. The van der Waals surface area contributed by atoms with Gasteiger partial charge < -0.3 is 0 Å². The monoisotopic (exact) mass is 331 g/mol. The summed E-state index contributed by atoms with van der Waals surface area (Å²) in [5, 5.41) is 0. The van der Waals surface area contributed by atoms with Crippen LogP contribution in [-0.4, -0.2) is 25.2 Å². The Morgan fingerprint density at radius 3 is 2.17 bits per heavy atom. The second kappa shape index (κ2) is 7.42. The molecule has 2 rings (SSSR count). The molecule has 2 aromatic rings. The minimum absolute atomic E-state index is 0.142. The van der Waals surface area contributed by atoms with Gasteiger partial charge in [-0.15, -0.1) is 0 Å². The minimum Gasteiger partial charge on any atom is -0.268 e. The zero-order valence-electron chi connectivity index (χ0n) is 13.4. The van der Waals surface area contributed by atoms with Gasteiger partial charge in [0.1, 0.15) is 0 Å². The third kappa shape index (κ3) is 3.99. The zero-order valence-corrected chi connectivity index (χ0v) is 14.2. The molecule has 0 aromatic heterocycles. The number of carbonyl (C=O) groups is 1. The molecule has 0 aliphatic rings. The second-order valence-corrected chi connectivity index (χ2v) is 7.28. The Labute approximate surface area is 137 Å². The van der Waals surface area contributed by atoms with E-state index in [0.29, 0.717) is 12.0 Å². The van der Waals surface area contributed by atoms with Crippen LogP contribution in [0.1, 0.15) is 35.7 Å². The maximum absolute atomic E-state index is 12.9. The lowest BCUT2D eigenvalue weighted by atomic mass is 10.2. The third-order valence-corrected chi connectivity index (χ3v) is 5.37. The fourth-order valence-corrected chi connectivity index (χ4v) is 3.62. The van der Waals surface area contributed by atoms with Gasteiger partial charge in [-0.25, -0.2) is 12.7 Å². The van der Waals surface area contributed by atoms with Gasteiger partial charge in [0.2, 0.25) is 0 Å². The second-order valence-electron chi connectivity index (χ2n) is 5.41. The maximum atomic E-state index is 12.9. The summed E-state index contributed by atoms with van der Waals surface area (Å²) in [5.41, 5.74) is 1.35. The lowest BCUT2D eigenvalue weighted by Gasteiger charge is -2.22. The fraction of sp³-hybridized carbons (Fsp3) is 0.278. The molecule has 0 radical (unpaired) electrons. The molecule has 0 saturated heterocycles. The van der Waals surface area contributed by atoms with Crippen LogP contribution in [0.25, 0.3) is 0 Å². The number of carbonyl (C=O) groups excluding carboxylic acids is 1. The van der Waals surface area contributed by atoms with E-state index in [4.69, 9.17) is 0 Å². The maximum Gasteiger partial charge on any atom is 0.267 e. The van der Waals surface area contributed by atoms with Gasteiger partial charge in [0.05, 0.1) is 4.90 Å². The van der Waals surface area contributed by atoms with Crippen molar-refractivity contribution in [2.75, 3.05) is 6.54 Å². The number of hydrogen-bond donors (Lipinski definition) is 0. The van der Waals surface area contributed by atoms with Gasteiger partial charge >= 0.3 is 0 Å². The Bertz CT molecular complexity index is 753. The van der Waals surface area contributed by atoms with Gasteiger partial charge in [0, 0.05) is 12.1 Å². The van der Waals surface area contributed by atoms with Crippen molar-refractivity contribution in [3.8, 4) is 0 Å². The number of rotatable bonds is 6. The number of hydrogen-bond acceptors (Lipinski definition) is 3. The van der Waals surface area contributed by atoms with Gasteiger partial charge in [0.25, 0.3) is 15.9 Å². The summed E-state index contributed by atoms with van der Waals surface area (Å²) in [4.78, 5) is 12.8. The zero-order chi connectivity index (χ0) is 16.9. The van der Waals surface area contributed by atoms with E-state index in [1.807, 2.05) is 13.8 Å². The molecule has 0 atom stereocenters. The van der Waals surface area contributed by atoms with Gasteiger partial charge in [-0.2, -0.15) is 0 Å². The van der Waals surface area contributed by atoms with E-state index in [1.54, 1.807) is 54.6 Å². The molecule has 0 aliphatic carbocycles. The molecule has 0 N–H and O–H groups in total. The highest BCUT2D eigenvalue weighted by molar-refractivity contribution is 7.89. The Balaban J connectivity index is 2.41. The van der Waals surface area contributed by atoms with E-state index in [2.05, 4.69) is 0 Å². The SMILES string of the molecule is CCCCN(C(=O)c1ccccc1)S(=O)(=O)c1ccc(C)cc1. The molecule has 0 unspecified atom stereocenters. The van der Waals surface area contributed by atoms with Crippen molar-refractivity contribution in [2.45, 2.75) is 31.6 Å². The molecule has 122 valence electrons. The van der Waals surface area contributed by atoms with Crippen molar-refractivity contribution in [3.05, 3.63) is 65.7 Å². The third-order valence-electron chi connectivity index (χ3n) is 3.57. The lowest BCUT2D eigenvalue weighted by Crippen LogP contribution is -2.37. The van der Waals surface area contributed by atoms with Gasteiger partial charge in [-0.05, 0) is 37.6 Å². The Morgan fingerprint density at radius 2 is 1.61 bits per heavy atom. The highest BCUT2D eigenvalue weighted by atomic mass is 32.2. The summed E-state index contributed by atoms with van der Waals surface area (Å²) in [5.74, 6) is -0.486. The van der Waals surface area contributed by atoms with Crippen LogP contribution in [0.5, 0.6) is 0 Å². The van der Waals surface area contributed by atoms with Crippen LogP contribution in [0.2, 0.25) is 0 Å². The van der Waals surface area contributed by atoms with Crippen LogP contribution < -0.4 is 0 Å². The van der Waals surface area contributed by atoms with Crippen LogP contribution in [-0.2, 0) is 10.0 Å². The van der Waals surface area contributed by atoms with Crippen LogP contribution >= 0.6 is 0 Å². The van der Waals surface area contributed by atoms with Crippen molar-refractivity contribution in [2.24, 2.45) is 0 Å². The lowest BCUT2D eigenvalue weighted by molar-refractivity contribution is 0.0860. The van der Waals surface area contributed by atoms with E-state index in [-0.39, 0.29) is 11.4 Å². The summed E-state index contributed by atoms with van der Waals surface area (Å²) in [6.07, 6.45) is 1.44. The molecule has 0 aliphatic heterocycles. The van der Waals surface area contributed by atoms with E-state index in [9.17, 15) is 13.2 Å². The number of nitrogens with zero attached hydrogens (tertiary/aromatic N) is 1. The quantitative estimate of drug-likeness (QED) is 0.812. The molecule has 1 amide bonds. The molecule has 0 heterocycles. The van der Waals surface area contributed by atoms with Crippen LogP contribution in [0.15, 0.2) is 59.5 Å². The van der Waals surface area contributed by atoms with Gasteiger partial charge in [-0.3, -0.25) is 4.79 Å². The number of unbranched alkanes of at least 4 members (excludes halogenated alkanes) is 1. The smallest absolute Gasteiger partial charge is 0.267 e. The minimum atomic E-state index is -3.85. The summed E-state index contributed by atoms with van der Waals surface area (Å²) in [6, 6.07) is 15.1. The molecule has 0 bridgehead atoms. The average Bonchev–Trinajstić information content (AvgIpc) is 2.56. The normalized spacial score (nSPS) is 11.2. The van der Waals surface area contributed by atoms with Crippen molar-refractivity contribution in [1.29, 1.82) is 0 Å². The molecular weight excluding hydrogens is 310 g/mol. The van der Waals surface area contributed by atoms with E-state index < -0.39 is 15.9 Å². The van der Waals surface area contributed by atoms with Crippen molar-refractivity contribution in [1.82, 2.24) is 4.31 Å². The van der Waals surface area contributed by atoms with E-state index in [1.165, 1.54) is 0 Å². The number of benzene rings is 2. The average molecular weight is 331 g/mol. The van der Waals surface area contributed by atoms with Crippen molar-refractivity contribution in [3.63, 3.8) is 0 Å². The topological polar surface area (TPSA) is 54.5 Å². The molecule has 0 saturated carbocycles. The molecule has 2 aromatic carbocycles. The molecular formula is C18H21NO3S. The summed E-state index contributed by atoms with van der Waals surface area (Å²) in [7, 11) is -3.85. The van der Waals surface area contributed by atoms with Crippen molar-refractivity contribution >= 4 is 15.9 Å². The number of aryl methyl sites for hydroxylation is 1. The van der Waals surface area contributed by atoms with Crippen LogP contribution in [0.4, 0.5) is 0 Å². The molecule has 0 spiro atoms. The molecule has 0 fully saturated rings. The largest absolute Gasteiger partial charge is 0.268 e. The summed E-state index contributed by atoms with van der Waals surface area (Å²) < 4.78 is 26.7. The Morgan fingerprint density at radius 1 is 1.00 bits per heavy atom. The van der Waals surface area contributed by atoms with Gasteiger partial charge in [-0.1, -0.05) is 49.2 Å². The highest BCUT2D eigenvalue weighted by Gasteiger charge is 2.29. The van der Waals surface area contributed by atoms with Gasteiger partial charge in [0.15, 0.2) is 0 Å². The first-order valence-corrected chi connectivity index (χ1v) is 9.09. The van der Waals surface area contributed by atoms with Crippen LogP contribution in [0, 0.1) is 6.92 Å². The molecule has 4 nitrogen and oxygen atoms in total. The Hall–Kier alpha value is -2.14. The predicted molar refractivity (Wildman–Crippen MR) is 90.8 cm³/mol. The molecule has 5 heteroatoms. The first-order valence-electron chi connectivity index (χ1n) is 7.65. The first-order chi connectivity index (χ1) is 11.0.